The second-order valence-electron chi connectivity index (χ2n) is 5.46. The van der Waals surface area contributed by atoms with Crippen LogP contribution in [0.25, 0.3) is 16.4 Å². The van der Waals surface area contributed by atoms with Crippen LogP contribution in [0.2, 0.25) is 0 Å². The average Bonchev–Trinajstić information content (AvgIpc) is 3.14. The van der Waals surface area contributed by atoms with E-state index in [1.807, 2.05) is 43.7 Å². The second-order valence-corrected chi connectivity index (χ2v) is 5.46. The molecule has 7 heteroatoms. The highest BCUT2D eigenvalue weighted by molar-refractivity contribution is 5.97. The first-order chi connectivity index (χ1) is 11.2. The highest BCUT2D eigenvalue weighted by Gasteiger charge is 2.13. The molecule has 0 amide bonds. The molecule has 4 rings (SSSR count). The number of anilines is 1. The Morgan fingerprint density at radius 2 is 2.17 bits per heavy atom. The third-order valence-electron chi connectivity index (χ3n) is 3.84. The van der Waals surface area contributed by atoms with E-state index in [0.29, 0.717) is 18.1 Å². The van der Waals surface area contributed by atoms with Crippen molar-refractivity contribution in [2.75, 3.05) is 12.8 Å². The van der Waals surface area contributed by atoms with E-state index < -0.39 is 0 Å². The van der Waals surface area contributed by atoms with Crippen LogP contribution in [0, 0.1) is 0 Å². The molecule has 116 valence electrons. The van der Waals surface area contributed by atoms with Gasteiger partial charge in [0.25, 0.3) is 0 Å². The molecule has 23 heavy (non-hydrogen) atoms. The van der Waals surface area contributed by atoms with Gasteiger partial charge in [-0.05, 0) is 17.7 Å². The van der Waals surface area contributed by atoms with Crippen molar-refractivity contribution in [1.82, 2.24) is 24.4 Å². The van der Waals surface area contributed by atoms with E-state index >= 15 is 0 Å². The van der Waals surface area contributed by atoms with Crippen LogP contribution in [-0.4, -0.2) is 31.5 Å². The number of hydrogen-bond donors (Lipinski definition) is 1. The molecule has 0 aliphatic rings. The topological polar surface area (TPSA) is 83.3 Å². The summed E-state index contributed by atoms with van der Waals surface area (Å²) in [4.78, 5) is 4.44. The summed E-state index contributed by atoms with van der Waals surface area (Å²) in [5.74, 6) is 1.04. The summed E-state index contributed by atoms with van der Waals surface area (Å²) in [6.45, 7) is 0. The van der Waals surface area contributed by atoms with Crippen LogP contribution in [-0.2, 0) is 13.5 Å². The van der Waals surface area contributed by atoms with E-state index in [1.165, 1.54) is 0 Å². The Balaban J connectivity index is 1.90. The molecular formula is C16H16N6O. The molecule has 0 unspecified atom stereocenters. The molecule has 0 fully saturated rings. The maximum atomic E-state index is 6.07. The number of hydrogen-bond acceptors (Lipinski definition) is 5. The van der Waals surface area contributed by atoms with Gasteiger partial charge in [-0.3, -0.25) is 4.68 Å². The number of para-hydroxylation sites is 1. The predicted octanol–water partition coefficient (Wildman–Crippen LogP) is 1.80. The van der Waals surface area contributed by atoms with Crippen molar-refractivity contribution >= 4 is 22.4 Å². The van der Waals surface area contributed by atoms with E-state index in [0.717, 1.165) is 27.7 Å². The molecule has 0 aliphatic heterocycles. The molecule has 3 heterocycles. The van der Waals surface area contributed by atoms with Crippen molar-refractivity contribution in [2.24, 2.45) is 7.05 Å². The van der Waals surface area contributed by atoms with Crippen LogP contribution < -0.4 is 10.5 Å². The minimum atomic E-state index is 0.342. The number of nitrogen functional groups attached to an aromatic ring is 1. The third kappa shape index (κ3) is 2.17. The lowest BCUT2D eigenvalue weighted by molar-refractivity contribution is 0.419. The Morgan fingerprint density at radius 3 is 2.91 bits per heavy atom. The van der Waals surface area contributed by atoms with Crippen LogP contribution in [0.4, 0.5) is 5.95 Å². The Hall–Kier alpha value is -3.09. The van der Waals surface area contributed by atoms with E-state index in [2.05, 4.69) is 15.2 Å². The maximum Gasteiger partial charge on any atom is 0.222 e. The summed E-state index contributed by atoms with van der Waals surface area (Å²) in [6.07, 6.45) is 4.51. The fourth-order valence-corrected chi connectivity index (χ4v) is 2.83. The number of aromatic nitrogens is 5. The summed E-state index contributed by atoms with van der Waals surface area (Å²) >= 11 is 0. The first-order valence-electron chi connectivity index (χ1n) is 7.24. The number of benzene rings is 1. The highest BCUT2D eigenvalue weighted by Crippen LogP contribution is 2.28. The molecule has 4 aromatic rings. The van der Waals surface area contributed by atoms with Gasteiger partial charge in [-0.15, -0.1) is 0 Å². The Bertz CT molecular complexity index is 1020. The highest BCUT2D eigenvalue weighted by atomic mass is 16.5. The second kappa shape index (κ2) is 4.98. The third-order valence-corrected chi connectivity index (χ3v) is 3.84. The van der Waals surface area contributed by atoms with Crippen molar-refractivity contribution in [3.8, 4) is 5.75 Å². The first-order valence-corrected chi connectivity index (χ1v) is 7.24. The van der Waals surface area contributed by atoms with Crippen molar-refractivity contribution in [1.29, 1.82) is 0 Å². The molecule has 7 nitrogen and oxygen atoms in total. The zero-order valence-corrected chi connectivity index (χ0v) is 12.9. The minimum Gasteiger partial charge on any atom is -0.494 e. The first kappa shape index (κ1) is 13.6. The molecule has 0 radical (unpaired) electrons. The van der Waals surface area contributed by atoms with E-state index in [-0.39, 0.29) is 0 Å². The molecule has 0 saturated carbocycles. The van der Waals surface area contributed by atoms with E-state index in [9.17, 15) is 0 Å². The van der Waals surface area contributed by atoms with E-state index in [1.54, 1.807) is 16.3 Å². The van der Waals surface area contributed by atoms with E-state index in [4.69, 9.17) is 10.5 Å². The number of fused-ring (bicyclic) bond motifs is 3. The van der Waals surface area contributed by atoms with Gasteiger partial charge in [0.1, 0.15) is 11.3 Å². The van der Waals surface area contributed by atoms with Crippen molar-refractivity contribution in [2.45, 2.75) is 6.42 Å². The minimum absolute atomic E-state index is 0.342. The van der Waals surface area contributed by atoms with Gasteiger partial charge in [-0.2, -0.15) is 14.7 Å². The maximum absolute atomic E-state index is 6.07. The smallest absolute Gasteiger partial charge is 0.222 e. The molecule has 1 aromatic carbocycles. The normalized spacial score (nSPS) is 11.4. The quantitative estimate of drug-likeness (QED) is 0.624. The van der Waals surface area contributed by atoms with Crippen LogP contribution in [0.3, 0.4) is 0 Å². The fraction of sp³-hybridized carbons (Fsp3) is 0.188. The number of methoxy groups -OCH3 is 1. The summed E-state index contributed by atoms with van der Waals surface area (Å²) in [6, 6.07) is 7.84. The van der Waals surface area contributed by atoms with Gasteiger partial charge in [0.15, 0.2) is 0 Å². The molecule has 3 aromatic heterocycles. The van der Waals surface area contributed by atoms with Gasteiger partial charge < -0.3 is 10.5 Å². The van der Waals surface area contributed by atoms with Gasteiger partial charge in [-0.1, -0.05) is 12.1 Å². The lowest BCUT2D eigenvalue weighted by Crippen LogP contribution is -2.03. The van der Waals surface area contributed by atoms with Crippen molar-refractivity contribution in [3.05, 3.63) is 47.9 Å². The summed E-state index contributed by atoms with van der Waals surface area (Å²) in [7, 11) is 3.52. The van der Waals surface area contributed by atoms with Gasteiger partial charge >= 0.3 is 0 Å². The van der Waals surface area contributed by atoms with Crippen molar-refractivity contribution in [3.63, 3.8) is 0 Å². The zero-order chi connectivity index (χ0) is 16.0. The van der Waals surface area contributed by atoms with Crippen LogP contribution >= 0.6 is 0 Å². The molecule has 0 bridgehead atoms. The largest absolute Gasteiger partial charge is 0.494 e. The van der Waals surface area contributed by atoms with Crippen LogP contribution in [0.1, 0.15) is 11.3 Å². The summed E-state index contributed by atoms with van der Waals surface area (Å²) in [5.41, 5.74) is 9.76. The Kier molecular flexibility index (Phi) is 2.94. The molecule has 2 N–H and O–H groups in total. The number of aryl methyl sites for hydroxylation is 1. The molecule has 0 atom stereocenters. The van der Waals surface area contributed by atoms with Crippen molar-refractivity contribution < 1.29 is 4.74 Å². The van der Waals surface area contributed by atoms with Gasteiger partial charge in [0.05, 0.1) is 24.5 Å². The SMILES string of the molecule is COc1cccc2c1nc(N)n1nc(Cc3cnn(C)c3)cc21. The van der Waals surface area contributed by atoms with Gasteiger partial charge in [0.2, 0.25) is 5.95 Å². The number of ether oxygens (including phenoxy) is 1. The van der Waals surface area contributed by atoms with Gasteiger partial charge in [0, 0.05) is 25.1 Å². The number of nitrogens with zero attached hydrogens (tertiary/aromatic N) is 5. The van der Waals surface area contributed by atoms with Gasteiger partial charge in [-0.25, -0.2) is 4.98 Å². The monoisotopic (exact) mass is 308 g/mol. The van der Waals surface area contributed by atoms with Crippen LogP contribution in [0.5, 0.6) is 5.75 Å². The zero-order valence-electron chi connectivity index (χ0n) is 12.9. The Labute approximate surface area is 132 Å². The standard InChI is InChI=1S/C16H16N6O/c1-21-9-10(8-18-21)6-11-7-13-12-4-3-5-14(23-2)15(12)19-16(17)22(13)20-11/h3-5,7-9H,6H2,1-2H3,(H2,17,19). The fourth-order valence-electron chi connectivity index (χ4n) is 2.83. The lowest BCUT2D eigenvalue weighted by Gasteiger charge is -2.07. The molecule has 0 spiro atoms. The van der Waals surface area contributed by atoms with Crippen LogP contribution in [0.15, 0.2) is 36.7 Å². The predicted molar refractivity (Wildman–Crippen MR) is 87.5 cm³/mol. The lowest BCUT2D eigenvalue weighted by atomic mass is 10.1. The molecule has 0 aliphatic carbocycles. The average molecular weight is 308 g/mol. The molecule has 0 saturated heterocycles. The number of rotatable bonds is 3. The Morgan fingerprint density at radius 1 is 1.30 bits per heavy atom. The number of nitrogens with two attached hydrogens (primary N) is 1. The summed E-state index contributed by atoms with van der Waals surface area (Å²) < 4.78 is 8.83. The molecular weight excluding hydrogens is 292 g/mol. The summed E-state index contributed by atoms with van der Waals surface area (Å²) in [5, 5.41) is 9.72.